The Morgan fingerprint density at radius 2 is 2.00 bits per heavy atom. The summed E-state index contributed by atoms with van der Waals surface area (Å²) in [5.41, 5.74) is 2.13. The Balaban J connectivity index is 1.98. The summed E-state index contributed by atoms with van der Waals surface area (Å²) in [4.78, 5) is 11.8. The van der Waals surface area contributed by atoms with Gasteiger partial charge in [0.25, 0.3) is 0 Å². The fraction of sp³-hybridized carbons (Fsp3) is 0.750. The molecule has 0 bridgehead atoms. The fourth-order valence-electron chi connectivity index (χ4n) is 5.81. The van der Waals surface area contributed by atoms with Gasteiger partial charge in [0.05, 0.1) is 0 Å². The minimum absolute atomic E-state index is 0.0992. The highest BCUT2D eigenvalue weighted by Crippen LogP contribution is 2.63. The van der Waals surface area contributed by atoms with Gasteiger partial charge in [-0.2, -0.15) is 0 Å². The highest BCUT2D eigenvalue weighted by molar-refractivity contribution is 5.60. The third kappa shape index (κ3) is 2.15. The van der Waals surface area contributed by atoms with Crippen LogP contribution in [0.1, 0.15) is 65.7 Å². The molecule has 0 spiro atoms. The number of aldehydes is 1. The van der Waals surface area contributed by atoms with E-state index in [1.165, 1.54) is 38.4 Å². The van der Waals surface area contributed by atoms with Crippen LogP contribution in [0.15, 0.2) is 24.3 Å². The Bertz CT molecular complexity index is 490. The van der Waals surface area contributed by atoms with E-state index in [9.17, 15) is 4.79 Å². The minimum atomic E-state index is -0.0992. The number of carbonyl (C=O) groups is 1. The number of carbonyl (C=O) groups excluding carboxylic acids is 1. The van der Waals surface area contributed by atoms with Gasteiger partial charge in [-0.25, -0.2) is 0 Å². The van der Waals surface area contributed by atoms with Crippen molar-refractivity contribution in [3.8, 4) is 0 Å². The molecule has 0 aromatic rings. The lowest BCUT2D eigenvalue weighted by Gasteiger charge is -2.58. The van der Waals surface area contributed by atoms with Crippen LogP contribution in [0.4, 0.5) is 0 Å². The van der Waals surface area contributed by atoms with Gasteiger partial charge < -0.3 is 4.79 Å². The molecule has 1 nitrogen and oxygen atoms in total. The summed E-state index contributed by atoms with van der Waals surface area (Å²) in [6.45, 7) is 11.1. The first-order valence-corrected chi connectivity index (χ1v) is 8.67. The molecule has 2 fully saturated rings. The quantitative estimate of drug-likeness (QED) is 0.496. The molecule has 0 aliphatic heterocycles. The molecule has 0 amide bonds. The molecule has 5 atom stereocenters. The third-order valence-electron chi connectivity index (χ3n) is 7.14. The van der Waals surface area contributed by atoms with Crippen LogP contribution < -0.4 is 0 Å². The van der Waals surface area contributed by atoms with Crippen molar-refractivity contribution in [2.45, 2.75) is 65.7 Å². The Morgan fingerprint density at radius 3 is 2.67 bits per heavy atom. The van der Waals surface area contributed by atoms with E-state index in [-0.39, 0.29) is 16.2 Å². The van der Waals surface area contributed by atoms with Crippen LogP contribution in [-0.2, 0) is 4.79 Å². The van der Waals surface area contributed by atoms with E-state index in [0.717, 1.165) is 18.8 Å². The van der Waals surface area contributed by atoms with Crippen LogP contribution in [0.25, 0.3) is 0 Å². The maximum absolute atomic E-state index is 11.8. The van der Waals surface area contributed by atoms with Gasteiger partial charge in [-0.15, -0.1) is 6.58 Å². The predicted molar refractivity (Wildman–Crippen MR) is 88.0 cm³/mol. The topological polar surface area (TPSA) is 17.1 Å². The largest absolute Gasteiger partial charge is 0.303 e. The van der Waals surface area contributed by atoms with E-state index in [0.29, 0.717) is 5.92 Å². The SMILES string of the molecule is C=C[C@@]1(C)CC=C2C(CC[C@H]3[C@@]2(C)CCC[C@@]3(C)C=O)C1. The number of allylic oxidation sites excluding steroid dienone is 3. The maximum Gasteiger partial charge on any atom is 0.126 e. The Labute approximate surface area is 129 Å². The van der Waals surface area contributed by atoms with Gasteiger partial charge in [-0.05, 0) is 61.2 Å². The summed E-state index contributed by atoms with van der Waals surface area (Å²) in [5, 5.41) is 0. The van der Waals surface area contributed by atoms with Crippen LogP contribution in [-0.4, -0.2) is 6.29 Å². The van der Waals surface area contributed by atoms with Crippen molar-refractivity contribution in [1.29, 1.82) is 0 Å². The van der Waals surface area contributed by atoms with Crippen LogP contribution in [0.3, 0.4) is 0 Å². The van der Waals surface area contributed by atoms with Crippen molar-refractivity contribution in [3.05, 3.63) is 24.3 Å². The second-order valence-corrected chi connectivity index (χ2v) is 8.65. The van der Waals surface area contributed by atoms with Crippen LogP contribution in [0, 0.1) is 28.1 Å². The summed E-state index contributed by atoms with van der Waals surface area (Å²) in [6, 6.07) is 0. The smallest absolute Gasteiger partial charge is 0.126 e. The first-order valence-electron chi connectivity index (χ1n) is 8.67. The monoisotopic (exact) mass is 286 g/mol. The highest BCUT2D eigenvalue weighted by atomic mass is 16.1. The van der Waals surface area contributed by atoms with Gasteiger partial charge >= 0.3 is 0 Å². The summed E-state index contributed by atoms with van der Waals surface area (Å²) in [7, 11) is 0. The molecule has 1 unspecified atom stereocenters. The van der Waals surface area contributed by atoms with E-state index in [1.54, 1.807) is 5.57 Å². The lowest BCUT2D eigenvalue weighted by atomic mass is 9.46. The molecule has 3 rings (SSSR count). The first kappa shape index (κ1) is 15.1. The molecule has 0 aromatic heterocycles. The van der Waals surface area contributed by atoms with Gasteiger partial charge in [0.1, 0.15) is 6.29 Å². The molecule has 2 saturated carbocycles. The van der Waals surface area contributed by atoms with Crippen molar-refractivity contribution in [1.82, 2.24) is 0 Å². The van der Waals surface area contributed by atoms with Gasteiger partial charge in [0.2, 0.25) is 0 Å². The molecule has 0 aromatic carbocycles. The summed E-state index contributed by atoms with van der Waals surface area (Å²) in [6.07, 6.45) is 14.4. The molecule has 21 heavy (non-hydrogen) atoms. The number of hydrogen-bond acceptors (Lipinski definition) is 1. The number of hydrogen-bond donors (Lipinski definition) is 0. The predicted octanol–water partition coefficient (Wildman–Crippen LogP) is 5.32. The molecule has 0 N–H and O–H groups in total. The van der Waals surface area contributed by atoms with E-state index >= 15 is 0 Å². The Morgan fingerprint density at radius 1 is 1.24 bits per heavy atom. The zero-order chi connectivity index (χ0) is 15.3. The molecule has 3 aliphatic rings. The standard InChI is InChI=1S/C20H30O/c1-5-18(2)12-9-16-15(13-18)7-8-17-19(3,14-21)10-6-11-20(16,17)4/h5,9,14-15,17H,1,6-8,10-13H2,2-4H3/t15?,17-,18+,19+,20+/m1/s1. The van der Waals surface area contributed by atoms with E-state index in [4.69, 9.17) is 0 Å². The Kier molecular flexibility index (Phi) is 3.46. The average Bonchev–Trinajstić information content (AvgIpc) is 2.46. The van der Waals surface area contributed by atoms with Crippen molar-refractivity contribution < 1.29 is 4.79 Å². The summed E-state index contributed by atoms with van der Waals surface area (Å²) in [5.74, 6) is 1.27. The lowest BCUT2D eigenvalue weighted by molar-refractivity contribution is -0.126. The lowest BCUT2D eigenvalue weighted by Crippen LogP contribution is -2.50. The van der Waals surface area contributed by atoms with E-state index in [2.05, 4.69) is 39.5 Å². The zero-order valence-electron chi connectivity index (χ0n) is 14.0. The second-order valence-electron chi connectivity index (χ2n) is 8.65. The molecule has 0 saturated heterocycles. The van der Waals surface area contributed by atoms with Crippen molar-refractivity contribution >= 4 is 6.29 Å². The van der Waals surface area contributed by atoms with Gasteiger partial charge in [0, 0.05) is 5.41 Å². The molecule has 116 valence electrons. The van der Waals surface area contributed by atoms with E-state index in [1.807, 2.05) is 0 Å². The fourth-order valence-corrected chi connectivity index (χ4v) is 5.81. The van der Waals surface area contributed by atoms with Gasteiger partial charge in [0.15, 0.2) is 0 Å². The maximum atomic E-state index is 11.8. The van der Waals surface area contributed by atoms with E-state index < -0.39 is 0 Å². The third-order valence-corrected chi connectivity index (χ3v) is 7.14. The molecular formula is C20H30O. The molecule has 1 heteroatoms. The van der Waals surface area contributed by atoms with Crippen molar-refractivity contribution in [2.75, 3.05) is 0 Å². The molecule has 0 heterocycles. The highest BCUT2D eigenvalue weighted by Gasteiger charge is 2.54. The van der Waals surface area contributed by atoms with Gasteiger partial charge in [-0.3, -0.25) is 0 Å². The zero-order valence-corrected chi connectivity index (χ0v) is 14.0. The van der Waals surface area contributed by atoms with Crippen LogP contribution in [0.5, 0.6) is 0 Å². The molecular weight excluding hydrogens is 256 g/mol. The van der Waals surface area contributed by atoms with Crippen LogP contribution in [0.2, 0.25) is 0 Å². The minimum Gasteiger partial charge on any atom is -0.303 e. The summed E-state index contributed by atoms with van der Waals surface area (Å²) < 4.78 is 0. The van der Waals surface area contributed by atoms with Crippen LogP contribution >= 0.6 is 0 Å². The van der Waals surface area contributed by atoms with Gasteiger partial charge in [-0.1, -0.05) is 44.9 Å². The average molecular weight is 286 g/mol. The summed E-state index contributed by atoms with van der Waals surface area (Å²) >= 11 is 0. The first-order chi connectivity index (χ1) is 9.87. The van der Waals surface area contributed by atoms with Crippen molar-refractivity contribution in [3.63, 3.8) is 0 Å². The second kappa shape index (κ2) is 4.83. The number of fused-ring (bicyclic) bond motifs is 3. The normalized spacial score (nSPS) is 49.6. The molecule has 3 aliphatic carbocycles. The van der Waals surface area contributed by atoms with Crippen molar-refractivity contribution in [2.24, 2.45) is 28.1 Å². The Hall–Kier alpha value is -0.850. The molecule has 0 radical (unpaired) electrons. The number of rotatable bonds is 2.